The van der Waals surface area contributed by atoms with Crippen molar-refractivity contribution in [3.8, 4) is 0 Å². The molecular formula is C48H96Cl2N2. The van der Waals surface area contributed by atoms with Crippen molar-refractivity contribution in [1.82, 2.24) is 0 Å². The van der Waals surface area contributed by atoms with E-state index >= 15 is 0 Å². The summed E-state index contributed by atoms with van der Waals surface area (Å²) in [5.74, 6) is 0. The highest BCUT2D eigenvalue weighted by Crippen LogP contribution is 2.16. The quantitative estimate of drug-likeness (QED) is 0.0472. The monoisotopic (exact) mass is 771 g/mol. The molecule has 0 aliphatic heterocycles. The van der Waals surface area contributed by atoms with E-state index in [0.717, 1.165) is 15.5 Å². The van der Waals surface area contributed by atoms with Crippen molar-refractivity contribution in [2.45, 2.75) is 226 Å². The Morgan fingerprint density at radius 1 is 0.327 bits per heavy atom. The van der Waals surface area contributed by atoms with Gasteiger partial charge in [0.15, 0.2) is 0 Å². The molecule has 0 bridgehead atoms. The Hall–Kier alpha value is -0.280. The summed E-state index contributed by atoms with van der Waals surface area (Å²) in [5, 5.41) is 0. The number of benzene rings is 1. The lowest BCUT2D eigenvalue weighted by molar-refractivity contribution is -0.903. The fourth-order valence-corrected chi connectivity index (χ4v) is 7.38. The van der Waals surface area contributed by atoms with Crippen molar-refractivity contribution in [2.24, 2.45) is 0 Å². The first-order valence-electron chi connectivity index (χ1n) is 22.9. The topological polar surface area (TPSA) is 0 Å². The molecule has 0 atom stereocenters. The van der Waals surface area contributed by atoms with E-state index in [1.165, 1.54) is 224 Å². The molecule has 0 spiro atoms. The van der Waals surface area contributed by atoms with E-state index in [4.69, 9.17) is 0 Å². The summed E-state index contributed by atoms with van der Waals surface area (Å²) in [6.07, 6.45) is 46.5. The molecule has 0 aromatic heterocycles. The average Bonchev–Trinajstić information content (AvgIpc) is 3.08. The van der Waals surface area contributed by atoms with Gasteiger partial charge in [0.05, 0.1) is 48.3 Å². The molecule has 1 aromatic carbocycles. The Labute approximate surface area is 342 Å². The first-order valence-corrected chi connectivity index (χ1v) is 22.9. The SMILES string of the molecule is CCCCCCCCCCCCCCCCCC[N+](C)(C)C.CCCCCCCCCCCCCCCCCC[N+](C)(C)Cc1ccccc1.[Cl-].[Cl-]. The average molecular weight is 772 g/mol. The number of unbranched alkanes of at least 4 members (excludes halogenated alkanes) is 30. The summed E-state index contributed by atoms with van der Waals surface area (Å²) < 4.78 is 2.24. The summed E-state index contributed by atoms with van der Waals surface area (Å²) in [7, 11) is 11.6. The normalized spacial score (nSPS) is 11.4. The molecule has 0 N–H and O–H groups in total. The summed E-state index contributed by atoms with van der Waals surface area (Å²) in [6, 6.07) is 10.9. The van der Waals surface area contributed by atoms with Crippen LogP contribution in [0.25, 0.3) is 0 Å². The lowest BCUT2D eigenvalue weighted by Gasteiger charge is -2.30. The Morgan fingerprint density at radius 2 is 0.577 bits per heavy atom. The molecule has 0 fully saturated rings. The van der Waals surface area contributed by atoms with Gasteiger partial charge in [-0.3, -0.25) is 0 Å². The highest BCUT2D eigenvalue weighted by atomic mass is 35.5. The molecule has 52 heavy (non-hydrogen) atoms. The van der Waals surface area contributed by atoms with Gasteiger partial charge in [0.25, 0.3) is 0 Å². The number of hydrogen-bond acceptors (Lipinski definition) is 0. The highest BCUT2D eigenvalue weighted by molar-refractivity contribution is 5.13. The van der Waals surface area contributed by atoms with Crippen LogP contribution in [0.15, 0.2) is 30.3 Å². The van der Waals surface area contributed by atoms with E-state index in [-0.39, 0.29) is 24.8 Å². The molecule has 0 aliphatic rings. The van der Waals surface area contributed by atoms with Crippen LogP contribution in [0.3, 0.4) is 0 Å². The molecule has 1 aromatic rings. The predicted octanol–water partition coefficient (Wildman–Crippen LogP) is 9.49. The van der Waals surface area contributed by atoms with Crippen LogP contribution in [0.2, 0.25) is 0 Å². The van der Waals surface area contributed by atoms with E-state index in [1.54, 1.807) is 0 Å². The van der Waals surface area contributed by atoms with E-state index in [0.29, 0.717) is 0 Å². The lowest BCUT2D eigenvalue weighted by atomic mass is 10.0. The molecule has 0 amide bonds. The first-order chi connectivity index (χ1) is 24.2. The second kappa shape index (κ2) is 41.9. The maximum absolute atomic E-state index is 2.37. The zero-order chi connectivity index (χ0) is 36.9. The van der Waals surface area contributed by atoms with Crippen LogP contribution in [0.5, 0.6) is 0 Å². The van der Waals surface area contributed by atoms with Crippen LogP contribution < -0.4 is 24.8 Å². The smallest absolute Gasteiger partial charge is 0.104 e. The minimum atomic E-state index is 0. The Morgan fingerprint density at radius 3 is 0.846 bits per heavy atom. The number of halogens is 2. The third kappa shape index (κ3) is 45.9. The largest absolute Gasteiger partial charge is 1.00 e. The van der Waals surface area contributed by atoms with Gasteiger partial charge < -0.3 is 33.8 Å². The second-order valence-corrected chi connectivity index (χ2v) is 17.9. The lowest BCUT2D eigenvalue weighted by Crippen LogP contribution is -3.00. The second-order valence-electron chi connectivity index (χ2n) is 17.9. The van der Waals surface area contributed by atoms with Gasteiger partial charge in [0, 0.05) is 5.56 Å². The van der Waals surface area contributed by atoms with Gasteiger partial charge in [-0.1, -0.05) is 224 Å². The molecule has 0 unspecified atom stereocenters. The van der Waals surface area contributed by atoms with Gasteiger partial charge in [-0.2, -0.15) is 0 Å². The minimum absolute atomic E-state index is 0. The maximum atomic E-state index is 2.37. The van der Waals surface area contributed by atoms with E-state index < -0.39 is 0 Å². The Balaban J connectivity index is -0.000000915. The number of nitrogens with zero attached hydrogens (tertiary/aromatic N) is 2. The van der Waals surface area contributed by atoms with Crippen LogP contribution in [0, 0.1) is 0 Å². The Kier molecular flexibility index (Phi) is 45.1. The summed E-state index contributed by atoms with van der Waals surface area (Å²) in [5.41, 5.74) is 1.46. The van der Waals surface area contributed by atoms with Crippen molar-refractivity contribution in [1.29, 1.82) is 0 Å². The molecule has 0 heterocycles. The fraction of sp³-hybridized carbons (Fsp3) is 0.875. The first kappa shape index (κ1) is 56.1. The zero-order valence-corrected chi connectivity index (χ0v) is 38.3. The molecule has 0 saturated heterocycles. The van der Waals surface area contributed by atoms with E-state index in [2.05, 4.69) is 79.4 Å². The molecular weight excluding hydrogens is 675 g/mol. The predicted molar refractivity (Wildman–Crippen MR) is 229 cm³/mol. The van der Waals surface area contributed by atoms with Crippen LogP contribution in [-0.2, 0) is 6.54 Å². The third-order valence-electron chi connectivity index (χ3n) is 10.8. The molecule has 0 aliphatic carbocycles. The van der Waals surface area contributed by atoms with Gasteiger partial charge in [-0.15, -0.1) is 0 Å². The van der Waals surface area contributed by atoms with Gasteiger partial charge in [0.1, 0.15) is 6.54 Å². The van der Waals surface area contributed by atoms with Gasteiger partial charge in [-0.25, -0.2) is 0 Å². The van der Waals surface area contributed by atoms with Crippen LogP contribution in [0.1, 0.15) is 225 Å². The molecule has 2 nitrogen and oxygen atoms in total. The molecule has 312 valence electrons. The molecule has 4 heteroatoms. The number of hydrogen-bond donors (Lipinski definition) is 0. The molecule has 1 rings (SSSR count). The van der Waals surface area contributed by atoms with Crippen LogP contribution in [0.4, 0.5) is 0 Å². The zero-order valence-electron chi connectivity index (χ0n) is 36.8. The standard InChI is InChI=1S/C27H50N.C21H46N.2ClH/c1-4-5-6-7-8-9-10-11-12-13-14-15-16-17-18-22-25-28(2,3)26-27-23-20-19-21-24-27;1-5-6-7-8-9-10-11-12-13-14-15-16-17-18-19-20-21-22(2,3)4;;/h19-21,23-24H,4-18,22,25-26H2,1-3H3;5-21H2,1-4H3;2*1H/q2*+1;;/p-2. The number of rotatable bonds is 36. The van der Waals surface area contributed by atoms with Crippen molar-refractivity contribution in [2.75, 3.05) is 48.3 Å². The number of quaternary nitrogens is 2. The van der Waals surface area contributed by atoms with Crippen LogP contribution >= 0.6 is 0 Å². The van der Waals surface area contributed by atoms with E-state index in [1.807, 2.05) is 0 Å². The van der Waals surface area contributed by atoms with Crippen LogP contribution in [-0.4, -0.2) is 57.3 Å². The minimum Gasteiger partial charge on any atom is -1.00 e. The van der Waals surface area contributed by atoms with Gasteiger partial charge in [0.2, 0.25) is 0 Å². The van der Waals surface area contributed by atoms with Crippen molar-refractivity contribution < 1.29 is 33.8 Å². The maximum Gasteiger partial charge on any atom is 0.104 e. The molecule has 0 radical (unpaired) electrons. The van der Waals surface area contributed by atoms with Gasteiger partial charge >= 0.3 is 0 Å². The summed E-state index contributed by atoms with van der Waals surface area (Å²) in [6.45, 7) is 8.38. The summed E-state index contributed by atoms with van der Waals surface area (Å²) in [4.78, 5) is 0. The Bertz CT molecular complexity index is 776. The van der Waals surface area contributed by atoms with Crippen molar-refractivity contribution >= 4 is 0 Å². The van der Waals surface area contributed by atoms with Crippen molar-refractivity contribution in [3.05, 3.63) is 35.9 Å². The van der Waals surface area contributed by atoms with Gasteiger partial charge in [-0.05, 0) is 25.7 Å². The summed E-state index contributed by atoms with van der Waals surface area (Å²) >= 11 is 0. The third-order valence-corrected chi connectivity index (χ3v) is 10.8. The van der Waals surface area contributed by atoms with Crippen molar-refractivity contribution in [3.63, 3.8) is 0 Å². The molecule has 0 saturated carbocycles. The highest BCUT2D eigenvalue weighted by Gasteiger charge is 2.15. The van der Waals surface area contributed by atoms with E-state index in [9.17, 15) is 0 Å². The fourth-order valence-electron chi connectivity index (χ4n) is 7.38.